The lowest BCUT2D eigenvalue weighted by molar-refractivity contribution is -0.137. The molecule has 1 rings (SSSR count). The molecule has 1 unspecified atom stereocenters. The van der Waals surface area contributed by atoms with Gasteiger partial charge in [-0.25, -0.2) is 9.69 Å². The Labute approximate surface area is 132 Å². The largest absolute Gasteiger partial charge is 0.436 e. The van der Waals surface area contributed by atoms with Crippen molar-refractivity contribution in [3.8, 4) is 6.19 Å². The van der Waals surface area contributed by atoms with Crippen LogP contribution >= 0.6 is 0 Å². The topological polar surface area (TPSA) is 82.4 Å². The lowest BCUT2D eigenvalue weighted by Crippen LogP contribution is -2.42. The minimum Gasteiger partial charge on any atom is -0.436 e. The number of nitrogens with one attached hydrogen (secondary N) is 1. The third kappa shape index (κ3) is 7.21. The van der Waals surface area contributed by atoms with E-state index in [0.29, 0.717) is 4.90 Å². The minimum absolute atomic E-state index is 0.153. The van der Waals surface area contributed by atoms with Crippen LogP contribution in [0.1, 0.15) is 38.5 Å². The number of alkyl halides is 3. The second-order valence-electron chi connectivity index (χ2n) is 5.60. The van der Waals surface area contributed by atoms with E-state index in [1.165, 1.54) is 7.05 Å². The Kier molecular flexibility index (Phi) is 7.13. The summed E-state index contributed by atoms with van der Waals surface area (Å²) < 4.78 is 41.1. The highest BCUT2D eigenvalue weighted by Crippen LogP contribution is 2.28. The molecule has 0 aromatic carbocycles. The molecule has 0 saturated heterocycles. The maximum absolute atomic E-state index is 12.1. The predicted molar refractivity (Wildman–Crippen MR) is 73.9 cm³/mol. The van der Waals surface area contributed by atoms with Crippen molar-refractivity contribution in [2.45, 2.75) is 50.8 Å². The molecule has 0 heterocycles. The molecule has 9 heteroatoms. The first-order valence-electron chi connectivity index (χ1n) is 7.41. The molecule has 23 heavy (non-hydrogen) atoms. The Morgan fingerprint density at radius 1 is 1.35 bits per heavy atom. The van der Waals surface area contributed by atoms with E-state index < -0.39 is 30.8 Å². The van der Waals surface area contributed by atoms with Crippen molar-refractivity contribution < 1.29 is 27.5 Å². The number of nitriles is 1. The molecule has 0 aromatic rings. The van der Waals surface area contributed by atoms with Gasteiger partial charge in [0.25, 0.3) is 5.91 Å². The molecular formula is C14H20F3N3O3. The number of alkyl carbamates (subject to hydrolysis) is 1. The molecular weight excluding hydrogens is 315 g/mol. The van der Waals surface area contributed by atoms with Gasteiger partial charge in [-0.2, -0.15) is 18.4 Å². The molecule has 0 aromatic heterocycles. The second kappa shape index (κ2) is 8.60. The lowest BCUT2D eigenvalue weighted by atomic mass is 9.85. The molecule has 2 amide bonds. The average Bonchev–Trinajstić information content (AvgIpc) is 2.51. The molecule has 0 aliphatic heterocycles. The van der Waals surface area contributed by atoms with E-state index in [4.69, 9.17) is 10.00 Å². The van der Waals surface area contributed by atoms with Crippen molar-refractivity contribution in [3.63, 3.8) is 0 Å². The molecule has 130 valence electrons. The van der Waals surface area contributed by atoms with Gasteiger partial charge in [0.2, 0.25) is 0 Å². The van der Waals surface area contributed by atoms with E-state index >= 15 is 0 Å². The lowest BCUT2D eigenvalue weighted by Gasteiger charge is -2.26. The van der Waals surface area contributed by atoms with Gasteiger partial charge in [-0.3, -0.25) is 4.79 Å². The van der Waals surface area contributed by atoms with Gasteiger partial charge in [0.1, 0.15) is 6.54 Å². The van der Waals surface area contributed by atoms with Gasteiger partial charge >= 0.3 is 12.3 Å². The highest BCUT2D eigenvalue weighted by Gasteiger charge is 2.32. The third-order valence-corrected chi connectivity index (χ3v) is 3.71. The summed E-state index contributed by atoms with van der Waals surface area (Å²) in [6.45, 7) is -1.54. The normalized spacial score (nSPS) is 17.0. The van der Waals surface area contributed by atoms with Gasteiger partial charge in [-0.05, 0) is 12.3 Å². The summed E-state index contributed by atoms with van der Waals surface area (Å²) in [5.41, 5.74) is 0. The summed E-state index contributed by atoms with van der Waals surface area (Å²) in [5.74, 6) is -0.583. The van der Waals surface area contributed by atoms with E-state index in [1.54, 1.807) is 11.5 Å². The Hall–Kier alpha value is -1.98. The van der Waals surface area contributed by atoms with Crippen LogP contribution in [0.2, 0.25) is 0 Å². The van der Waals surface area contributed by atoms with Crippen LogP contribution in [0, 0.1) is 17.4 Å². The van der Waals surface area contributed by atoms with Gasteiger partial charge in [0.15, 0.2) is 12.3 Å². The molecule has 0 bridgehead atoms. The van der Waals surface area contributed by atoms with Crippen LogP contribution in [-0.4, -0.2) is 42.8 Å². The number of halogens is 3. The molecule has 1 aliphatic carbocycles. The smallest absolute Gasteiger partial charge is 0.408 e. The molecule has 6 nitrogen and oxygen atoms in total. The molecule has 1 atom stereocenters. The van der Waals surface area contributed by atoms with Gasteiger partial charge in [0, 0.05) is 7.05 Å². The van der Waals surface area contributed by atoms with Crippen LogP contribution < -0.4 is 5.32 Å². The van der Waals surface area contributed by atoms with Gasteiger partial charge < -0.3 is 10.1 Å². The zero-order chi connectivity index (χ0) is 17.5. The first kappa shape index (κ1) is 19.1. The fourth-order valence-electron chi connectivity index (χ4n) is 2.53. The summed E-state index contributed by atoms with van der Waals surface area (Å²) in [6.07, 6.45) is -0.484. The highest BCUT2D eigenvalue weighted by atomic mass is 19.4. The van der Waals surface area contributed by atoms with Crippen molar-refractivity contribution in [2.24, 2.45) is 5.92 Å². The van der Waals surface area contributed by atoms with Crippen molar-refractivity contribution in [2.75, 3.05) is 13.6 Å². The number of amides is 2. The Morgan fingerprint density at radius 3 is 2.48 bits per heavy atom. The fraction of sp³-hybridized carbons (Fsp3) is 0.786. The molecule has 0 radical (unpaired) electrons. The quantitative estimate of drug-likeness (QED) is 0.618. The van der Waals surface area contributed by atoms with E-state index in [9.17, 15) is 22.8 Å². The van der Waals surface area contributed by atoms with E-state index in [-0.39, 0.29) is 12.3 Å². The first-order chi connectivity index (χ1) is 10.7. The number of nitrogens with zero attached hydrogens (tertiary/aromatic N) is 2. The second-order valence-corrected chi connectivity index (χ2v) is 5.60. The average molecular weight is 335 g/mol. The number of hydrogen-bond acceptors (Lipinski definition) is 4. The van der Waals surface area contributed by atoms with Gasteiger partial charge in [-0.1, -0.05) is 32.1 Å². The molecule has 1 aliphatic rings. The van der Waals surface area contributed by atoms with Crippen molar-refractivity contribution in [3.05, 3.63) is 0 Å². The van der Waals surface area contributed by atoms with E-state index in [0.717, 1.165) is 32.1 Å². The van der Waals surface area contributed by atoms with Crippen LogP contribution in [-0.2, 0) is 9.53 Å². The maximum atomic E-state index is 12.1. The van der Waals surface area contributed by atoms with Crippen LogP contribution in [0.5, 0.6) is 0 Å². The SMILES string of the molecule is CN(C#N)C(=O)C(CC1CCCCC1)OC(=O)NCC(F)(F)F. The van der Waals surface area contributed by atoms with Gasteiger partial charge in [0.05, 0.1) is 0 Å². The standard InChI is InChI=1S/C14H20F3N3O3/c1-20(9-18)12(21)11(7-10-5-3-2-4-6-10)23-13(22)19-8-14(15,16)17/h10-11H,2-8H2,1H3,(H,19,22). The van der Waals surface area contributed by atoms with Crippen LogP contribution in [0.25, 0.3) is 0 Å². The summed E-state index contributed by atoms with van der Waals surface area (Å²) in [6, 6.07) is 0. The summed E-state index contributed by atoms with van der Waals surface area (Å²) >= 11 is 0. The zero-order valence-electron chi connectivity index (χ0n) is 12.9. The number of likely N-dealkylation sites (N-methyl/N-ethyl adjacent to an activating group) is 1. The molecule has 1 N–H and O–H groups in total. The molecule has 1 saturated carbocycles. The van der Waals surface area contributed by atoms with Gasteiger partial charge in [-0.15, -0.1) is 0 Å². The van der Waals surface area contributed by atoms with Crippen LogP contribution in [0.4, 0.5) is 18.0 Å². The molecule has 1 fully saturated rings. The monoisotopic (exact) mass is 335 g/mol. The first-order valence-corrected chi connectivity index (χ1v) is 7.41. The highest BCUT2D eigenvalue weighted by molar-refractivity contribution is 5.84. The zero-order valence-corrected chi connectivity index (χ0v) is 12.9. The summed E-state index contributed by atoms with van der Waals surface area (Å²) in [7, 11) is 1.22. The fourth-order valence-corrected chi connectivity index (χ4v) is 2.53. The van der Waals surface area contributed by atoms with E-state index in [1.807, 2.05) is 0 Å². The minimum atomic E-state index is -4.56. The number of ether oxygens (including phenoxy) is 1. The maximum Gasteiger partial charge on any atom is 0.408 e. The Balaban J connectivity index is 2.64. The summed E-state index contributed by atoms with van der Waals surface area (Å²) in [4.78, 5) is 24.2. The van der Waals surface area contributed by atoms with Crippen molar-refractivity contribution in [1.82, 2.24) is 10.2 Å². The van der Waals surface area contributed by atoms with Crippen LogP contribution in [0.3, 0.4) is 0 Å². The predicted octanol–water partition coefficient (Wildman–Crippen LogP) is 2.55. The Bertz CT molecular complexity index is 456. The molecule has 0 spiro atoms. The number of carbonyl (C=O) groups excluding carboxylic acids is 2. The Morgan fingerprint density at radius 2 is 1.96 bits per heavy atom. The third-order valence-electron chi connectivity index (χ3n) is 3.71. The van der Waals surface area contributed by atoms with Crippen LogP contribution in [0.15, 0.2) is 0 Å². The number of carbonyl (C=O) groups is 2. The van der Waals surface area contributed by atoms with Crippen molar-refractivity contribution >= 4 is 12.0 Å². The van der Waals surface area contributed by atoms with E-state index in [2.05, 4.69) is 0 Å². The number of rotatable bonds is 5. The summed E-state index contributed by atoms with van der Waals surface area (Å²) in [5, 5.41) is 10.3. The number of hydrogen-bond donors (Lipinski definition) is 1. The van der Waals surface area contributed by atoms with Crippen molar-refractivity contribution in [1.29, 1.82) is 5.26 Å².